The summed E-state index contributed by atoms with van der Waals surface area (Å²) in [5.74, 6) is -2.76. The summed E-state index contributed by atoms with van der Waals surface area (Å²) in [7, 11) is 0. The van der Waals surface area contributed by atoms with Crippen LogP contribution in [0.2, 0.25) is 0 Å². The number of amides is 3. The standard InChI is InChI=1S/C11H10BrFN2O5/c12-6-1-2-8(7(13)3-6)14-11(19)15-9(16)4-20-5-10(17)18/h1-3H,4-5H2,(H,17,18)(H2,14,15,16,19). The van der Waals surface area contributed by atoms with Crippen molar-refractivity contribution in [1.82, 2.24) is 5.32 Å². The van der Waals surface area contributed by atoms with E-state index >= 15 is 0 Å². The summed E-state index contributed by atoms with van der Waals surface area (Å²) in [6.07, 6.45) is 0. The number of halogens is 2. The third-order valence-electron chi connectivity index (χ3n) is 1.89. The smallest absolute Gasteiger partial charge is 0.329 e. The first-order valence-electron chi connectivity index (χ1n) is 5.24. The molecule has 0 aromatic heterocycles. The number of hydrogen-bond acceptors (Lipinski definition) is 4. The molecule has 0 bridgehead atoms. The molecule has 0 heterocycles. The Hall–Kier alpha value is -2.00. The molecule has 3 N–H and O–H groups in total. The highest BCUT2D eigenvalue weighted by molar-refractivity contribution is 9.10. The van der Waals surface area contributed by atoms with Crippen LogP contribution in [0, 0.1) is 5.82 Å². The molecule has 0 radical (unpaired) electrons. The predicted octanol–water partition coefficient (Wildman–Crippen LogP) is 1.34. The van der Waals surface area contributed by atoms with Gasteiger partial charge in [0, 0.05) is 4.47 Å². The van der Waals surface area contributed by atoms with Gasteiger partial charge in [-0.15, -0.1) is 0 Å². The molecule has 3 amide bonds. The van der Waals surface area contributed by atoms with Crippen LogP contribution >= 0.6 is 15.9 Å². The van der Waals surface area contributed by atoms with Gasteiger partial charge in [0.15, 0.2) is 0 Å². The summed E-state index contributed by atoms with van der Waals surface area (Å²) < 4.78 is 18.4. The zero-order valence-electron chi connectivity index (χ0n) is 9.98. The molecular formula is C11H10BrFN2O5. The molecule has 1 aromatic carbocycles. The summed E-state index contributed by atoms with van der Waals surface area (Å²) in [4.78, 5) is 32.7. The number of benzene rings is 1. The van der Waals surface area contributed by atoms with Gasteiger partial charge in [-0.2, -0.15) is 0 Å². The van der Waals surface area contributed by atoms with Crippen LogP contribution < -0.4 is 10.6 Å². The Labute approximate surface area is 121 Å². The number of imide groups is 1. The van der Waals surface area contributed by atoms with Crippen LogP contribution in [0.25, 0.3) is 0 Å². The molecule has 0 aliphatic carbocycles. The van der Waals surface area contributed by atoms with Crippen molar-refractivity contribution < 1.29 is 28.6 Å². The van der Waals surface area contributed by atoms with Crippen LogP contribution in [0.4, 0.5) is 14.9 Å². The third-order valence-corrected chi connectivity index (χ3v) is 2.38. The first-order chi connectivity index (χ1) is 9.38. The van der Waals surface area contributed by atoms with E-state index in [1.165, 1.54) is 12.1 Å². The number of aliphatic carboxylic acids is 1. The highest BCUT2D eigenvalue weighted by Crippen LogP contribution is 2.18. The van der Waals surface area contributed by atoms with Crippen LogP contribution in [0.3, 0.4) is 0 Å². The number of carboxylic acids is 1. The van der Waals surface area contributed by atoms with Gasteiger partial charge in [0.1, 0.15) is 19.0 Å². The third kappa shape index (κ3) is 5.76. The maximum absolute atomic E-state index is 13.4. The Balaban J connectivity index is 2.43. The Bertz CT molecular complexity index is 538. The molecule has 9 heteroatoms. The van der Waals surface area contributed by atoms with E-state index in [1.807, 2.05) is 5.32 Å². The Morgan fingerprint density at radius 2 is 2.00 bits per heavy atom. The van der Waals surface area contributed by atoms with E-state index in [-0.39, 0.29) is 5.69 Å². The zero-order chi connectivity index (χ0) is 15.1. The SMILES string of the molecule is O=C(O)COCC(=O)NC(=O)Nc1ccc(Br)cc1F. The van der Waals surface area contributed by atoms with Crippen molar-refractivity contribution in [3.05, 3.63) is 28.5 Å². The maximum atomic E-state index is 13.4. The first kappa shape index (κ1) is 16.1. The second-order valence-electron chi connectivity index (χ2n) is 3.51. The van der Waals surface area contributed by atoms with Crippen molar-refractivity contribution in [2.75, 3.05) is 18.5 Å². The monoisotopic (exact) mass is 348 g/mol. The molecule has 0 fully saturated rings. The number of carbonyl (C=O) groups excluding carboxylic acids is 2. The summed E-state index contributed by atoms with van der Waals surface area (Å²) in [6, 6.07) is 3.02. The van der Waals surface area contributed by atoms with Crippen LogP contribution in [0.5, 0.6) is 0 Å². The summed E-state index contributed by atoms with van der Waals surface area (Å²) in [6.45, 7) is -1.25. The van der Waals surface area contributed by atoms with Crippen molar-refractivity contribution >= 4 is 39.5 Å². The van der Waals surface area contributed by atoms with Gasteiger partial charge < -0.3 is 15.2 Å². The van der Waals surface area contributed by atoms with Crippen molar-refractivity contribution in [2.45, 2.75) is 0 Å². The van der Waals surface area contributed by atoms with Crippen molar-refractivity contribution in [2.24, 2.45) is 0 Å². The quantitative estimate of drug-likeness (QED) is 0.744. The van der Waals surface area contributed by atoms with Crippen molar-refractivity contribution in [3.8, 4) is 0 Å². The van der Waals surface area contributed by atoms with Gasteiger partial charge in [-0.05, 0) is 18.2 Å². The molecule has 0 atom stereocenters. The predicted molar refractivity (Wildman–Crippen MR) is 69.7 cm³/mol. The molecule has 7 nitrogen and oxygen atoms in total. The number of urea groups is 1. The number of carboxylic acid groups (broad SMARTS) is 1. The highest BCUT2D eigenvalue weighted by atomic mass is 79.9. The summed E-state index contributed by atoms with van der Waals surface area (Å²) >= 11 is 3.06. The van der Waals surface area contributed by atoms with Crippen LogP contribution in [0.15, 0.2) is 22.7 Å². The van der Waals surface area contributed by atoms with Gasteiger partial charge in [0.05, 0.1) is 5.69 Å². The maximum Gasteiger partial charge on any atom is 0.329 e. The molecule has 20 heavy (non-hydrogen) atoms. The average molecular weight is 349 g/mol. The fourth-order valence-electron chi connectivity index (χ4n) is 1.14. The topological polar surface area (TPSA) is 105 Å². The van der Waals surface area contributed by atoms with E-state index in [0.29, 0.717) is 4.47 Å². The number of hydrogen-bond donors (Lipinski definition) is 3. The van der Waals surface area contributed by atoms with Gasteiger partial charge in [-0.3, -0.25) is 10.1 Å². The van der Waals surface area contributed by atoms with Gasteiger partial charge in [0.2, 0.25) is 0 Å². The molecule has 0 saturated heterocycles. The number of rotatable bonds is 5. The van der Waals surface area contributed by atoms with E-state index in [0.717, 1.165) is 6.07 Å². The first-order valence-corrected chi connectivity index (χ1v) is 6.03. The largest absolute Gasteiger partial charge is 0.480 e. The van der Waals surface area contributed by atoms with Gasteiger partial charge >= 0.3 is 12.0 Å². The summed E-state index contributed by atoms with van der Waals surface area (Å²) in [5.41, 5.74) is -0.107. The second kappa shape index (κ2) is 7.56. The van der Waals surface area contributed by atoms with Crippen LogP contribution in [-0.2, 0) is 14.3 Å². The molecule has 0 unspecified atom stereocenters. The minimum absolute atomic E-state index is 0.107. The lowest BCUT2D eigenvalue weighted by atomic mass is 10.3. The molecule has 0 saturated carbocycles. The highest BCUT2D eigenvalue weighted by Gasteiger charge is 2.11. The fourth-order valence-corrected chi connectivity index (χ4v) is 1.47. The lowest BCUT2D eigenvalue weighted by molar-refractivity contribution is -0.143. The molecule has 108 valence electrons. The molecule has 0 spiro atoms. The zero-order valence-corrected chi connectivity index (χ0v) is 11.6. The van der Waals surface area contributed by atoms with E-state index in [9.17, 15) is 18.8 Å². The van der Waals surface area contributed by atoms with E-state index in [1.54, 1.807) is 0 Å². The molecular weight excluding hydrogens is 339 g/mol. The van der Waals surface area contributed by atoms with Gasteiger partial charge in [-0.1, -0.05) is 15.9 Å². The lowest BCUT2D eigenvalue weighted by Gasteiger charge is -2.07. The molecule has 0 aliphatic heterocycles. The van der Waals surface area contributed by atoms with Gasteiger partial charge in [-0.25, -0.2) is 14.0 Å². The Kier molecular flexibility index (Phi) is 6.07. The molecule has 0 aliphatic rings. The van der Waals surface area contributed by atoms with E-state index in [2.05, 4.69) is 26.0 Å². The molecule has 1 rings (SSSR count). The van der Waals surface area contributed by atoms with Crippen molar-refractivity contribution in [1.29, 1.82) is 0 Å². The van der Waals surface area contributed by atoms with Crippen LogP contribution in [-0.4, -0.2) is 36.2 Å². The lowest BCUT2D eigenvalue weighted by Crippen LogP contribution is -2.37. The number of anilines is 1. The molecule has 1 aromatic rings. The average Bonchev–Trinajstić information content (AvgIpc) is 2.32. The van der Waals surface area contributed by atoms with Crippen LogP contribution in [0.1, 0.15) is 0 Å². The second-order valence-corrected chi connectivity index (χ2v) is 4.43. The van der Waals surface area contributed by atoms with Gasteiger partial charge in [0.25, 0.3) is 5.91 Å². The van der Waals surface area contributed by atoms with E-state index < -0.39 is 36.9 Å². The number of nitrogens with one attached hydrogen (secondary N) is 2. The number of ether oxygens (including phenoxy) is 1. The van der Waals surface area contributed by atoms with Crippen molar-refractivity contribution in [3.63, 3.8) is 0 Å². The normalized spacial score (nSPS) is 9.90. The minimum atomic E-state index is -1.24. The minimum Gasteiger partial charge on any atom is -0.480 e. The fraction of sp³-hybridized carbons (Fsp3) is 0.182. The van der Waals surface area contributed by atoms with E-state index in [4.69, 9.17) is 5.11 Å². The Morgan fingerprint density at radius 3 is 2.60 bits per heavy atom. The number of carbonyl (C=O) groups is 3. The Morgan fingerprint density at radius 1 is 1.30 bits per heavy atom. The summed E-state index contributed by atoms with van der Waals surface area (Å²) in [5, 5.41) is 12.3.